The molecule has 0 aromatic carbocycles. The maximum Gasteiger partial charge on any atom is 0.207 e. The first-order valence-electron chi connectivity index (χ1n) is 2.64. The highest BCUT2D eigenvalue weighted by atomic mass is 16.5. The number of rotatable bonds is 4. The van der Waals surface area contributed by atoms with Crippen molar-refractivity contribution >= 4 is 6.41 Å². The van der Waals surface area contributed by atoms with Crippen LogP contribution in [-0.2, 0) is 9.53 Å². The SMILES string of the molecule is CO/C=C(\C#N)CNC=O. The highest BCUT2D eigenvalue weighted by Crippen LogP contribution is 1.87. The Hall–Kier alpha value is -1.50. The van der Waals surface area contributed by atoms with Crippen LogP contribution < -0.4 is 5.32 Å². The predicted octanol–water partition coefficient (Wildman–Crippen LogP) is -0.214. The second-order valence-corrected chi connectivity index (χ2v) is 1.49. The van der Waals surface area contributed by atoms with Crippen molar-refractivity contribution in [1.29, 1.82) is 5.26 Å². The summed E-state index contributed by atoms with van der Waals surface area (Å²) in [7, 11) is 1.44. The van der Waals surface area contributed by atoms with Crippen LogP contribution in [0.2, 0.25) is 0 Å². The van der Waals surface area contributed by atoms with E-state index in [1.807, 2.05) is 6.07 Å². The van der Waals surface area contributed by atoms with Crippen molar-refractivity contribution in [2.24, 2.45) is 0 Å². The Morgan fingerprint density at radius 2 is 2.60 bits per heavy atom. The molecule has 1 amide bonds. The number of amides is 1. The first-order chi connectivity index (χ1) is 4.85. The lowest BCUT2D eigenvalue weighted by atomic mass is 10.3. The fourth-order valence-corrected chi connectivity index (χ4v) is 0.401. The van der Waals surface area contributed by atoms with Crippen LogP contribution in [0.5, 0.6) is 0 Å². The summed E-state index contributed by atoms with van der Waals surface area (Å²) in [5.41, 5.74) is 0.384. The Labute approximate surface area is 59.1 Å². The van der Waals surface area contributed by atoms with Gasteiger partial charge >= 0.3 is 0 Å². The summed E-state index contributed by atoms with van der Waals surface area (Å²) in [5.74, 6) is 0. The fourth-order valence-electron chi connectivity index (χ4n) is 0.401. The third kappa shape index (κ3) is 3.50. The monoisotopic (exact) mass is 140 g/mol. The molecule has 0 aliphatic rings. The van der Waals surface area contributed by atoms with E-state index in [9.17, 15) is 4.79 Å². The molecule has 0 unspecified atom stereocenters. The van der Waals surface area contributed by atoms with Gasteiger partial charge in [-0.05, 0) is 0 Å². The van der Waals surface area contributed by atoms with E-state index in [1.54, 1.807) is 0 Å². The molecule has 0 saturated heterocycles. The zero-order chi connectivity index (χ0) is 7.82. The Balaban J connectivity index is 3.74. The molecule has 0 rings (SSSR count). The molecular formula is C6H8N2O2. The minimum atomic E-state index is 0.216. The predicted molar refractivity (Wildman–Crippen MR) is 34.8 cm³/mol. The van der Waals surface area contributed by atoms with E-state index in [0.717, 1.165) is 0 Å². The molecule has 0 aromatic rings. The molecule has 0 bridgehead atoms. The number of hydrogen-bond acceptors (Lipinski definition) is 3. The van der Waals surface area contributed by atoms with Gasteiger partial charge in [-0.15, -0.1) is 0 Å². The van der Waals surface area contributed by atoms with E-state index in [4.69, 9.17) is 5.26 Å². The molecule has 1 N–H and O–H groups in total. The van der Waals surface area contributed by atoms with Gasteiger partial charge in [-0.1, -0.05) is 0 Å². The standard InChI is InChI=1S/C6H8N2O2/c1-10-4-6(2-7)3-8-5-9/h4-5H,3H2,1H3,(H,8,9)/b6-4+. The number of hydrogen-bond donors (Lipinski definition) is 1. The molecule has 4 nitrogen and oxygen atoms in total. The van der Waals surface area contributed by atoms with Crippen LogP contribution in [0.1, 0.15) is 0 Å². The van der Waals surface area contributed by atoms with Crippen LogP contribution in [0.25, 0.3) is 0 Å². The van der Waals surface area contributed by atoms with E-state index in [1.165, 1.54) is 13.4 Å². The van der Waals surface area contributed by atoms with Gasteiger partial charge in [-0.25, -0.2) is 0 Å². The van der Waals surface area contributed by atoms with E-state index < -0.39 is 0 Å². The minimum Gasteiger partial charge on any atom is -0.503 e. The third-order valence-corrected chi connectivity index (χ3v) is 0.780. The lowest BCUT2D eigenvalue weighted by molar-refractivity contribution is -0.109. The fraction of sp³-hybridized carbons (Fsp3) is 0.333. The van der Waals surface area contributed by atoms with Gasteiger partial charge in [0.2, 0.25) is 6.41 Å². The summed E-state index contributed by atoms with van der Waals surface area (Å²) in [6.07, 6.45) is 1.82. The van der Waals surface area contributed by atoms with Gasteiger partial charge in [0.25, 0.3) is 0 Å². The van der Waals surface area contributed by atoms with Crippen molar-refractivity contribution in [1.82, 2.24) is 5.32 Å². The first kappa shape index (κ1) is 8.50. The molecular weight excluding hydrogens is 132 g/mol. The van der Waals surface area contributed by atoms with Gasteiger partial charge in [0.1, 0.15) is 0 Å². The van der Waals surface area contributed by atoms with E-state index >= 15 is 0 Å². The number of ether oxygens (including phenoxy) is 1. The molecule has 0 radical (unpaired) electrons. The molecule has 0 fully saturated rings. The van der Waals surface area contributed by atoms with Crippen LogP contribution in [-0.4, -0.2) is 20.1 Å². The lowest BCUT2D eigenvalue weighted by Crippen LogP contribution is -2.13. The van der Waals surface area contributed by atoms with E-state index in [0.29, 0.717) is 12.0 Å². The molecule has 0 aliphatic carbocycles. The zero-order valence-electron chi connectivity index (χ0n) is 5.63. The minimum absolute atomic E-state index is 0.216. The molecule has 0 atom stereocenters. The van der Waals surface area contributed by atoms with Crippen molar-refractivity contribution in [2.45, 2.75) is 0 Å². The number of nitrogens with one attached hydrogen (secondary N) is 1. The Kier molecular flexibility index (Phi) is 4.79. The second-order valence-electron chi connectivity index (χ2n) is 1.49. The number of nitriles is 1. The van der Waals surface area contributed by atoms with Gasteiger partial charge in [-0.2, -0.15) is 5.26 Å². The van der Waals surface area contributed by atoms with Crippen molar-refractivity contribution in [3.05, 3.63) is 11.8 Å². The molecule has 0 heterocycles. The zero-order valence-corrected chi connectivity index (χ0v) is 5.63. The highest BCUT2D eigenvalue weighted by Gasteiger charge is 1.91. The molecule has 0 aliphatic heterocycles. The first-order valence-corrected chi connectivity index (χ1v) is 2.64. The number of nitrogens with zero attached hydrogens (tertiary/aromatic N) is 1. The maximum absolute atomic E-state index is 9.74. The van der Waals surface area contributed by atoms with Crippen molar-refractivity contribution in [3.63, 3.8) is 0 Å². The summed E-state index contributed by atoms with van der Waals surface area (Å²) in [6, 6.07) is 1.85. The van der Waals surface area contributed by atoms with Crippen LogP contribution in [0.15, 0.2) is 11.8 Å². The Morgan fingerprint density at radius 3 is 3.00 bits per heavy atom. The van der Waals surface area contributed by atoms with Crippen LogP contribution in [0.3, 0.4) is 0 Å². The van der Waals surface area contributed by atoms with Gasteiger partial charge in [0, 0.05) is 0 Å². The summed E-state index contributed by atoms with van der Waals surface area (Å²) >= 11 is 0. The largest absolute Gasteiger partial charge is 0.503 e. The molecule has 0 spiro atoms. The lowest BCUT2D eigenvalue weighted by Gasteiger charge is -1.94. The van der Waals surface area contributed by atoms with Gasteiger partial charge in [0.05, 0.1) is 31.6 Å². The number of carbonyl (C=O) groups excluding carboxylic acids is 1. The summed E-state index contributed by atoms with van der Waals surface area (Å²) in [4.78, 5) is 9.74. The summed E-state index contributed by atoms with van der Waals surface area (Å²) < 4.78 is 4.55. The van der Waals surface area contributed by atoms with Crippen molar-refractivity contribution < 1.29 is 9.53 Å². The van der Waals surface area contributed by atoms with Crippen molar-refractivity contribution in [3.8, 4) is 6.07 Å². The van der Waals surface area contributed by atoms with Gasteiger partial charge in [0.15, 0.2) is 0 Å². The van der Waals surface area contributed by atoms with Crippen LogP contribution in [0, 0.1) is 11.3 Å². The summed E-state index contributed by atoms with van der Waals surface area (Å²) in [5, 5.41) is 10.7. The highest BCUT2D eigenvalue weighted by molar-refractivity contribution is 5.47. The average molecular weight is 140 g/mol. The van der Waals surface area contributed by atoms with Gasteiger partial charge in [-0.3, -0.25) is 4.79 Å². The average Bonchev–Trinajstić information content (AvgIpc) is 1.98. The number of methoxy groups -OCH3 is 1. The molecule has 4 heteroatoms. The smallest absolute Gasteiger partial charge is 0.207 e. The quantitative estimate of drug-likeness (QED) is 0.334. The van der Waals surface area contributed by atoms with E-state index in [-0.39, 0.29) is 6.54 Å². The molecule has 10 heavy (non-hydrogen) atoms. The van der Waals surface area contributed by atoms with E-state index in [2.05, 4.69) is 10.1 Å². The topological polar surface area (TPSA) is 62.1 Å². The van der Waals surface area contributed by atoms with Crippen molar-refractivity contribution in [2.75, 3.05) is 13.7 Å². The molecule has 0 saturated carbocycles. The van der Waals surface area contributed by atoms with Crippen LogP contribution >= 0.6 is 0 Å². The summed E-state index contributed by atoms with van der Waals surface area (Å²) in [6.45, 7) is 0.216. The number of carbonyl (C=O) groups is 1. The Bertz CT molecular complexity index is 169. The third-order valence-electron chi connectivity index (χ3n) is 0.780. The molecule has 54 valence electrons. The van der Waals surface area contributed by atoms with Gasteiger partial charge < -0.3 is 10.1 Å². The molecule has 0 aromatic heterocycles. The van der Waals surface area contributed by atoms with Crippen LogP contribution in [0.4, 0.5) is 0 Å². The second kappa shape index (κ2) is 5.63. The maximum atomic E-state index is 9.74. The Morgan fingerprint density at radius 1 is 1.90 bits per heavy atom. The normalized spacial score (nSPS) is 9.80.